The highest BCUT2D eigenvalue weighted by Gasteiger charge is 2.35. The molecule has 0 saturated carbocycles. The van der Waals surface area contributed by atoms with Gasteiger partial charge in [-0.25, -0.2) is 4.79 Å². The van der Waals surface area contributed by atoms with Crippen LogP contribution in [0.2, 0.25) is 0 Å². The fraction of sp³-hybridized carbons (Fsp3) is 0.846. The van der Waals surface area contributed by atoms with Crippen molar-refractivity contribution in [3.63, 3.8) is 0 Å². The number of rotatable bonds is 3. The number of carbonyl (C=O) groups excluding carboxylic acids is 1. The van der Waals surface area contributed by atoms with Crippen LogP contribution in [0.5, 0.6) is 0 Å². The van der Waals surface area contributed by atoms with Crippen molar-refractivity contribution in [2.24, 2.45) is 5.92 Å². The lowest BCUT2D eigenvalue weighted by molar-refractivity contribution is -0.153. The maximum atomic E-state index is 12.2. The van der Waals surface area contributed by atoms with Gasteiger partial charge in [-0.3, -0.25) is 4.79 Å². The van der Waals surface area contributed by atoms with E-state index < -0.39 is 12.0 Å². The number of nitrogens with zero attached hydrogens (tertiary/aromatic N) is 1. The van der Waals surface area contributed by atoms with Gasteiger partial charge in [0.15, 0.2) is 0 Å². The molecule has 0 aromatic heterocycles. The van der Waals surface area contributed by atoms with Crippen LogP contribution in [-0.2, 0) is 9.59 Å². The molecule has 3 unspecified atom stereocenters. The van der Waals surface area contributed by atoms with E-state index in [2.05, 4.69) is 12.2 Å². The summed E-state index contributed by atoms with van der Waals surface area (Å²) < 4.78 is 0. The monoisotopic (exact) mass is 254 g/mol. The van der Waals surface area contributed by atoms with Crippen molar-refractivity contribution >= 4 is 11.9 Å². The van der Waals surface area contributed by atoms with Crippen LogP contribution in [0, 0.1) is 5.92 Å². The van der Waals surface area contributed by atoms with Crippen molar-refractivity contribution < 1.29 is 14.7 Å². The van der Waals surface area contributed by atoms with Crippen LogP contribution in [0.4, 0.5) is 0 Å². The van der Waals surface area contributed by atoms with Crippen molar-refractivity contribution in [2.75, 3.05) is 13.1 Å². The summed E-state index contributed by atoms with van der Waals surface area (Å²) in [7, 11) is 0. The number of nitrogens with one attached hydrogen (secondary N) is 1. The molecule has 0 spiro atoms. The zero-order valence-electron chi connectivity index (χ0n) is 10.9. The summed E-state index contributed by atoms with van der Waals surface area (Å²) in [4.78, 5) is 25.0. The Kier molecular flexibility index (Phi) is 4.22. The molecule has 18 heavy (non-hydrogen) atoms. The first-order chi connectivity index (χ1) is 8.58. The average molecular weight is 254 g/mol. The van der Waals surface area contributed by atoms with Gasteiger partial charge in [-0.05, 0) is 38.1 Å². The lowest BCUT2D eigenvalue weighted by atomic mass is 9.92. The number of carboxylic acids is 1. The Morgan fingerprint density at radius 1 is 1.39 bits per heavy atom. The van der Waals surface area contributed by atoms with Gasteiger partial charge < -0.3 is 15.3 Å². The normalized spacial score (nSPS) is 32.5. The summed E-state index contributed by atoms with van der Waals surface area (Å²) >= 11 is 0. The highest BCUT2D eigenvalue weighted by atomic mass is 16.4. The SMILES string of the molecule is CC1CCN(C(=O)CC2CCCN2)C(C(=O)O)C1. The third-order valence-corrected chi connectivity index (χ3v) is 4.05. The van der Waals surface area contributed by atoms with Gasteiger partial charge in [-0.2, -0.15) is 0 Å². The van der Waals surface area contributed by atoms with Crippen LogP contribution in [0.15, 0.2) is 0 Å². The van der Waals surface area contributed by atoms with Gasteiger partial charge >= 0.3 is 5.97 Å². The van der Waals surface area contributed by atoms with E-state index in [1.54, 1.807) is 4.90 Å². The topological polar surface area (TPSA) is 69.6 Å². The van der Waals surface area contributed by atoms with Gasteiger partial charge in [-0.1, -0.05) is 6.92 Å². The molecule has 0 aromatic carbocycles. The zero-order valence-corrected chi connectivity index (χ0v) is 10.9. The Morgan fingerprint density at radius 3 is 2.78 bits per heavy atom. The quantitative estimate of drug-likeness (QED) is 0.783. The van der Waals surface area contributed by atoms with E-state index in [4.69, 9.17) is 0 Å². The van der Waals surface area contributed by atoms with Crippen LogP contribution in [0.1, 0.15) is 39.0 Å². The highest BCUT2D eigenvalue weighted by molar-refractivity contribution is 5.84. The lowest BCUT2D eigenvalue weighted by Crippen LogP contribution is -2.50. The number of hydrogen-bond acceptors (Lipinski definition) is 3. The van der Waals surface area contributed by atoms with Gasteiger partial charge in [0, 0.05) is 19.0 Å². The smallest absolute Gasteiger partial charge is 0.326 e. The summed E-state index contributed by atoms with van der Waals surface area (Å²) in [5.74, 6) is -0.484. The molecule has 2 aliphatic rings. The summed E-state index contributed by atoms with van der Waals surface area (Å²) in [5.41, 5.74) is 0. The molecule has 2 N–H and O–H groups in total. The maximum absolute atomic E-state index is 12.2. The number of carbonyl (C=O) groups is 2. The van der Waals surface area contributed by atoms with Crippen molar-refractivity contribution in [1.29, 1.82) is 0 Å². The average Bonchev–Trinajstić information content (AvgIpc) is 2.81. The summed E-state index contributed by atoms with van der Waals surface area (Å²) in [6.45, 7) is 3.61. The first kappa shape index (κ1) is 13.3. The summed E-state index contributed by atoms with van der Waals surface area (Å²) in [5, 5.41) is 12.5. The first-order valence-electron chi connectivity index (χ1n) is 6.83. The van der Waals surface area contributed by atoms with E-state index in [0.717, 1.165) is 25.8 Å². The Hall–Kier alpha value is -1.10. The minimum absolute atomic E-state index is 0.00583. The molecule has 2 aliphatic heterocycles. The van der Waals surface area contributed by atoms with Gasteiger partial charge in [0.05, 0.1) is 0 Å². The Morgan fingerprint density at radius 2 is 2.17 bits per heavy atom. The zero-order chi connectivity index (χ0) is 13.1. The molecular formula is C13H22N2O3. The molecule has 2 fully saturated rings. The molecule has 0 aliphatic carbocycles. The van der Waals surface area contributed by atoms with Crippen LogP contribution >= 0.6 is 0 Å². The molecule has 0 bridgehead atoms. The fourth-order valence-electron chi connectivity index (χ4n) is 2.93. The number of carboxylic acid groups (broad SMARTS) is 1. The third-order valence-electron chi connectivity index (χ3n) is 4.05. The molecule has 3 atom stereocenters. The van der Waals surface area contributed by atoms with E-state index in [-0.39, 0.29) is 11.9 Å². The first-order valence-corrected chi connectivity index (χ1v) is 6.83. The van der Waals surface area contributed by atoms with E-state index >= 15 is 0 Å². The van der Waals surface area contributed by atoms with Crippen molar-refractivity contribution in [1.82, 2.24) is 10.2 Å². The summed E-state index contributed by atoms with van der Waals surface area (Å²) in [6.07, 6.45) is 4.07. The molecule has 2 saturated heterocycles. The predicted octanol–water partition coefficient (Wildman–Crippen LogP) is 0.840. The van der Waals surface area contributed by atoms with Crippen LogP contribution in [-0.4, -0.2) is 47.1 Å². The maximum Gasteiger partial charge on any atom is 0.326 e. The number of likely N-dealkylation sites (tertiary alicyclic amines) is 1. The number of piperidine rings is 1. The molecule has 102 valence electrons. The Labute approximate surface area is 108 Å². The van der Waals surface area contributed by atoms with Gasteiger partial charge in [-0.15, -0.1) is 0 Å². The van der Waals surface area contributed by atoms with Crippen molar-refractivity contribution in [2.45, 2.75) is 51.1 Å². The predicted molar refractivity (Wildman–Crippen MR) is 67.2 cm³/mol. The minimum atomic E-state index is -0.866. The summed E-state index contributed by atoms with van der Waals surface area (Å²) in [6, 6.07) is -0.381. The number of amides is 1. The molecule has 0 radical (unpaired) electrons. The van der Waals surface area contributed by atoms with E-state index in [9.17, 15) is 14.7 Å². The fourth-order valence-corrected chi connectivity index (χ4v) is 2.93. The molecule has 0 aromatic rings. The molecule has 2 heterocycles. The number of aliphatic carboxylic acids is 1. The largest absolute Gasteiger partial charge is 0.480 e. The Bertz CT molecular complexity index is 326. The van der Waals surface area contributed by atoms with Crippen LogP contribution < -0.4 is 5.32 Å². The lowest BCUT2D eigenvalue weighted by Gasteiger charge is -2.36. The molecular weight excluding hydrogens is 232 g/mol. The van der Waals surface area contributed by atoms with Crippen LogP contribution in [0.25, 0.3) is 0 Å². The molecule has 5 nitrogen and oxygen atoms in total. The molecule has 2 rings (SSSR count). The van der Waals surface area contributed by atoms with Gasteiger partial charge in [0.25, 0.3) is 0 Å². The Balaban J connectivity index is 1.95. The van der Waals surface area contributed by atoms with E-state index in [1.165, 1.54) is 0 Å². The van der Waals surface area contributed by atoms with Gasteiger partial charge in [0.1, 0.15) is 6.04 Å². The third kappa shape index (κ3) is 3.02. The second-order valence-corrected chi connectivity index (χ2v) is 5.57. The van der Waals surface area contributed by atoms with Crippen molar-refractivity contribution in [3.05, 3.63) is 0 Å². The molecule has 5 heteroatoms. The van der Waals surface area contributed by atoms with Crippen LogP contribution in [0.3, 0.4) is 0 Å². The minimum Gasteiger partial charge on any atom is -0.480 e. The van der Waals surface area contributed by atoms with Gasteiger partial charge in [0.2, 0.25) is 5.91 Å². The highest BCUT2D eigenvalue weighted by Crippen LogP contribution is 2.24. The standard InChI is InChI=1S/C13H22N2O3/c1-9-4-6-15(11(7-9)13(17)18)12(16)8-10-3-2-5-14-10/h9-11,14H,2-8H2,1H3,(H,17,18). The number of hydrogen-bond donors (Lipinski definition) is 2. The van der Waals surface area contributed by atoms with Crippen molar-refractivity contribution in [3.8, 4) is 0 Å². The van der Waals surface area contributed by atoms with E-state index in [0.29, 0.717) is 25.3 Å². The molecule has 1 amide bonds. The second kappa shape index (κ2) is 5.69. The van der Waals surface area contributed by atoms with E-state index in [1.807, 2.05) is 0 Å². The second-order valence-electron chi connectivity index (χ2n) is 5.57.